The lowest BCUT2D eigenvalue weighted by Crippen LogP contribution is -2.67. The Morgan fingerprint density at radius 1 is 0.625 bits per heavy atom. The lowest BCUT2D eigenvalue weighted by Gasteiger charge is -2.54. The quantitative estimate of drug-likeness (QED) is 0.238. The molecule has 0 bridgehead atoms. The van der Waals surface area contributed by atoms with Gasteiger partial charge in [-0.15, -0.1) is 0 Å². The van der Waals surface area contributed by atoms with Gasteiger partial charge in [-0.3, -0.25) is 7.85 Å². The molecule has 1 unspecified atom stereocenters. The van der Waals surface area contributed by atoms with Gasteiger partial charge in [-0.1, -0.05) is 80.1 Å². The van der Waals surface area contributed by atoms with E-state index in [1.165, 1.54) is 0 Å². The Kier molecular flexibility index (Phi) is 13.1. The van der Waals surface area contributed by atoms with E-state index in [2.05, 4.69) is 45.2 Å². The molecular weight excluding hydrogens is 350 g/mol. The standard InChI is InChI=1S/C18H43NO2SSi2/c1-7-13-23(14-8-2,15-9-3)19(22(20)21)24(16-10-4,17-11-5)18-12-6/h7-18H2,1-6H3,(H,20,21)/p-1. The molecule has 0 rings (SSSR count). The van der Waals surface area contributed by atoms with E-state index in [0.29, 0.717) is 0 Å². The van der Waals surface area contributed by atoms with Gasteiger partial charge in [0.15, 0.2) is 0 Å². The lowest BCUT2D eigenvalue weighted by atomic mass is 10.5. The minimum absolute atomic E-state index is 1.12. The van der Waals surface area contributed by atoms with Gasteiger partial charge in [-0.25, -0.2) is 0 Å². The summed E-state index contributed by atoms with van der Waals surface area (Å²) < 4.78 is 27.5. The van der Waals surface area contributed by atoms with Crippen molar-refractivity contribution in [3.05, 3.63) is 0 Å². The third kappa shape index (κ3) is 6.34. The van der Waals surface area contributed by atoms with E-state index in [1.54, 1.807) is 0 Å². The highest BCUT2D eigenvalue weighted by Gasteiger charge is 2.49. The van der Waals surface area contributed by atoms with Crippen LogP contribution in [0.15, 0.2) is 0 Å². The summed E-state index contributed by atoms with van der Waals surface area (Å²) in [4.78, 5) is 0. The number of hydrogen-bond donors (Lipinski definition) is 0. The van der Waals surface area contributed by atoms with Crippen molar-refractivity contribution in [2.24, 2.45) is 0 Å². The fraction of sp³-hybridized carbons (Fsp3) is 1.00. The lowest BCUT2D eigenvalue weighted by molar-refractivity contribution is 0.506. The Morgan fingerprint density at radius 2 is 0.833 bits per heavy atom. The number of hydrogen-bond acceptors (Lipinski definition) is 2. The fourth-order valence-electron chi connectivity index (χ4n) is 4.97. The molecule has 1 atom stereocenters. The highest BCUT2D eigenvalue weighted by Crippen LogP contribution is 2.41. The molecule has 0 fully saturated rings. The van der Waals surface area contributed by atoms with Crippen molar-refractivity contribution in [2.75, 3.05) is 0 Å². The maximum atomic E-state index is 12.6. The van der Waals surface area contributed by atoms with Crippen LogP contribution in [-0.4, -0.2) is 28.9 Å². The molecule has 146 valence electrons. The predicted molar refractivity (Wildman–Crippen MR) is 113 cm³/mol. The van der Waals surface area contributed by atoms with E-state index in [4.69, 9.17) is 0 Å². The van der Waals surface area contributed by atoms with Gasteiger partial charge in [0.1, 0.15) is 16.5 Å². The Morgan fingerprint density at radius 3 is 0.958 bits per heavy atom. The minimum atomic E-state index is -2.04. The van der Waals surface area contributed by atoms with Crippen LogP contribution >= 0.6 is 0 Å². The summed E-state index contributed by atoms with van der Waals surface area (Å²) in [5.41, 5.74) is 0. The van der Waals surface area contributed by atoms with E-state index < -0.39 is 27.7 Å². The fourth-order valence-corrected chi connectivity index (χ4v) is 23.5. The van der Waals surface area contributed by atoms with Crippen LogP contribution in [0.4, 0.5) is 0 Å². The van der Waals surface area contributed by atoms with Crippen LogP contribution in [0.2, 0.25) is 36.3 Å². The van der Waals surface area contributed by atoms with Crippen molar-refractivity contribution >= 4 is 27.7 Å². The van der Waals surface area contributed by atoms with Crippen molar-refractivity contribution in [2.45, 2.75) is 116 Å². The largest absolute Gasteiger partial charge is 0.761 e. The SMILES string of the molecule is CCC[Si](CCC)(CCC)N(S(=O)[O-])[Si](CCC)(CCC)CCC. The van der Waals surface area contributed by atoms with E-state index in [-0.39, 0.29) is 0 Å². The van der Waals surface area contributed by atoms with Crippen LogP contribution in [0.5, 0.6) is 0 Å². The second kappa shape index (κ2) is 12.8. The Bertz CT molecular complexity index is 296. The zero-order valence-corrected chi connectivity index (χ0v) is 20.0. The third-order valence-electron chi connectivity index (χ3n) is 5.30. The van der Waals surface area contributed by atoms with Gasteiger partial charge in [0.2, 0.25) is 0 Å². The van der Waals surface area contributed by atoms with Crippen LogP contribution in [0.25, 0.3) is 0 Å². The second-order valence-corrected chi connectivity index (χ2v) is 18.1. The number of rotatable bonds is 15. The first-order chi connectivity index (χ1) is 11.4. The molecule has 0 spiro atoms. The molecule has 0 aromatic carbocycles. The van der Waals surface area contributed by atoms with Crippen LogP contribution in [-0.2, 0) is 11.3 Å². The summed E-state index contributed by atoms with van der Waals surface area (Å²) in [5.74, 6) is 0. The molecule has 0 radical (unpaired) electrons. The van der Waals surface area contributed by atoms with Gasteiger partial charge in [0.25, 0.3) is 0 Å². The van der Waals surface area contributed by atoms with Crippen LogP contribution in [0, 0.1) is 0 Å². The van der Waals surface area contributed by atoms with E-state index >= 15 is 0 Å². The molecule has 0 amide bonds. The van der Waals surface area contributed by atoms with E-state index in [9.17, 15) is 8.76 Å². The van der Waals surface area contributed by atoms with E-state index in [1.807, 2.05) is 0 Å². The highest BCUT2D eigenvalue weighted by atomic mass is 32.2. The average molecular weight is 393 g/mol. The summed E-state index contributed by atoms with van der Waals surface area (Å²) >= 11 is -2.04. The Labute approximate surface area is 156 Å². The minimum Gasteiger partial charge on any atom is -0.761 e. The highest BCUT2D eigenvalue weighted by molar-refractivity contribution is 7.80. The second-order valence-electron chi connectivity index (χ2n) is 7.46. The molecular formula is C18H42NO2SSi2-. The Hall–Kier alpha value is 0.504. The third-order valence-corrected chi connectivity index (χ3v) is 22.0. The topological polar surface area (TPSA) is 43.4 Å². The van der Waals surface area contributed by atoms with Gasteiger partial charge < -0.3 is 4.55 Å². The summed E-state index contributed by atoms with van der Waals surface area (Å²) in [6.45, 7) is 13.4. The molecule has 0 saturated heterocycles. The van der Waals surface area contributed by atoms with Crippen molar-refractivity contribution < 1.29 is 8.76 Å². The summed E-state index contributed by atoms with van der Waals surface area (Å²) in [7, 11) is -3.91. The maximum Gasteiger partial charge on any atom is 0.134 e. The van der Waals surface area contributed by atoms with E-state index in [0.717, 1.165) is 74.8 Å². The van der Waals surface area contributed by atoms with Gasteiger partial charge in [0.05, 0.1) is 0 Å². The Balaban J connectivity index is 6.22. The number of nitrogens with zero attached hydrogens (tertiary/aromatic N) is 1. The van der Waals surface area contributed by atoms with Crippen molar-refractivity contribution in [1.29, 1.82) is 0 Å². The molecule has 0 aromatic rings. The first kappa shape index (κ1) is 24.5. The maximum absolute atomic E-state index is 12.6. The van der Waals surface area contributed by atoms with Crippen LogP contribution in [0.3, 0.4) is 0 Å². The summed E-state index contributed by atoms with van der Waals surface area (Å²) in [5, 5.41) is 0. The van der Waals surface area contributed by atoms with Crippen LogP contribution < -0.4 is 0 Å². The molecule has 3 nitrogen and oxygen atoms in total. The normalized spacial score (nSPS) is 14.3. The van der Waals surface area contributed by atoms with Gasteiger partial charge in [-0.2, -0.15) is 0 Å². The monoisotopic (exact) mass is 392 g/mol. The van der Waals surface area contributed by atoms with Crippen LogP contribution in [0.1, 0.15) is 80.1 Å². The first-order valence-electron chi connectivity index (χ1n) is 10.3. The summed E-state index contributed by atoms with van der Waals surface area (Å²) in [6.07, 6.45) is 6.72. The summed E-state index contributed by atoms with van der Waals surface area (Å²) in [6, 6.07) is 6.88. The molecule has 6 heteroatoms. The molecule has 0 aromatic heterocycles. The molecule has 0 N–H and O–H groups in total. The molecule has 0 aliphatic heterocycles. The molecule has 0 saturated carbocycles. The zero-order valence-electron chi connectivity index (χ0n) is 17.2. The molecule has 24 heavy (non-hydrogen) atoms. The smallest absolute Gasteiger partial charge is 0.134 e. The van der Waals surface area contributed by atoms with Crippen molar-refractivity contribution in [3.63, 3.8) is 0 Å². The van der Waals surface area contributed by atoms with Crippen molar-refractivity contribution in [1.82, 2.24) is 3.64 Å². The predicted octanol–water partition coefficient (Wildman–Crippen LogP) is 6.43. The van der Waals surface area contributed by atoms with Gasteiger partial charge in [-0.05, 0) is 36.3 Å². The average Bonchev–Trinajstić information content (AvgIpc) is 2.48. The first-order valence-corrected chi connectivity index (χ1v) is 16.5. The molecule has 0 aliphatic carbocycles. The zero-order chi connectivity index (χ0) is 18.6. The molecule has 0 heterocycles. The molecule has 0 aliphatic rings. The van der Waals surface area contributed by atoms with Crippen molar-refractivity contribution in [3.8, 4) is 0 Å². The van der Waals surface area contributed by atoms with Gasteiger partial charge in [0, 0.05) is 11.3 Å². The van der Waals surface area contributed by atoms with Gasteiger partial charge >= 0.3 is 0 Å².